The molecule has 0 fully saturated rings. The number of alkyl halides is 2. The van der Waals surface area contributed by atoms with Crippen LogP contribution in [-0.2, 0) is 6.42 Å². The van der Waals surface area contributed by atoms with Crippen LogP contribution in [0.1, 0.15) is 24.2 Å². The molecule has 0 aliphatic rings. The maximum Gasteiger partial charge on any atom is 0.140 e. The molecule has 4 unspecified atom stereocenters. The van der Waals surface area contributed by atoms with Gasteiger partial charge in [-0.05, 0) is 31.5 Å². The SMILES string of the molecule is C#CC(C(CF)Cc1ccccc1)N(C)C(C)C(F)c1ccccc1. The fourth-order valence-corrected chi connectivity index (χ4v) is 3.13. The average Bonchev–Trinajstić information content (AvgIpc) is 2.67. The number of likely N-dealkylation sites (N-methyl/N-ethyl adjacent to an activating group) is 1. The molecule has 0 saturated heterocycles. The molecule has 0 aliphatic heterocycles. The second kappa shape index (κ2) is 9.34. The third-order valence-electron chi connectivity index (χ3n) is 4.78. The Morgan fingerprint density at radius 2 is 1.60 bits per heavy atom. The molecule has 2 aromatic rings. The molecule has 0 radical (unpaired) electrons. The molecule has 0 amide bonds. The van der Waals surface area contributed by atoms with E-state index >= 15 is 0 Å². The predicted octanol–water partition coefficient (Wildman–Crippen LogP) is 4.85. The summed E-state index contributed by atoms with van der Waals surface area (Å²) in [5, 5.41) is 0. The lowest BCUT2D eigenvalue weighted by Crippen LogP contribution is -2.45. The first-order valence-electron chi connectivity index (χ1n) is 8.55. The van der Waals surface area contributed by atoms with Crippen LogP contribution in [0.15, 0.2) is 60.7 Å². The summed E-state index contributed by atoms with van der Waals surface area (Å²) >= 11 is 0. The molecular formula is C22H25F2N. The van der Waals surface area contributed by atoms with E-state index in [1.54, 1.807) is 31.0 Å². The van der Waals surface area contributed by atoms with Crippen LogP contribution in [0.2, 0.25) is 0 Å². The Hall–Kier alpha value is -2.18. The third-order valence-corrected chi connectivity index (χ3v) is 4.78. The number of halogens is 2. The first kappa shape index (κ1) is 19.1. The Balaban J connectivity index is 2.12. The highest BCUT2D eigenvalue weighted by Gasteiger charge is 2.31. The minimum Gasteiger partial charge on any atom is -0.287 e. The first-order chi connectivity index (χ1) is 12.1. The van der Waals surface area contributed by atoms with Gasteiger partial charge < -0.3 is 0 Å². The fraction of sp³-hybridized carbons (Fsp3) is 0.364. The van der Waals surface area contributed by atoms with Crippen molar-refractivity contribution < 1.29 is 8.78 Å². The lowest BCUT2D eigenvalue weighted by atomic mass is 9.91. The van der Waals surface area contributed by atoms with Crippen molar-refractivity contribution in [3.8, 4) is 12.3 Å². The minimum absolute atomic E-state index is 0.372. The van der Waals surface area contributed by atoms with Crippen molar-refractivity contribution in [3.05, 3.63) is 71.8 Å². The highest BCUT2D eigenvalue weighted by Crippen LogP contribution is 2.27. The molecule has 25 heavy (non-hydrogen) atoms. The fourth-order valence-electron chi connectivity index (χ4n) is 3.13. The molecule has 1 nitrogen and oxygen atoms in total. The monoisotopic (exact) mass is 341 g/mol. The molecule has 3 heteroatoms. The Kier molecular flexibility index (Phi) is 7.16. The van der Waals surface area contributed by atoms with Gasteiger partial charge in [-0.1, -0.05) is 66.6 Å². The normalized spacial score (nSPS) is 16.0. The van der Waals surface area contributed by atoms with Crippen molar-refractivity contribution in [2.75, 3.05) is 13.7 Å². The Morgan fingerprint density at radius 3 is 2.12 bits per heavy atom. The predicted molar refractivity (Wildman–Crippen MR) is 99.7 cm³/mol. The van der Waals surface area contributed by atoms with E-state index in [-0.39, 0.29) is 5.92 Å². The zero-order valence-electron chi connectivity index (χ0n) is 14.8. The van der Waals surface area contributed by atoms with E-state index in [4.69, 9.17) is 6.42 Å². The molecule has 132 valence electrons. The van der Waals surface area contributed by atoms with E-state index in [9.17, 15) is 8.78 Å². The van der Waals surface area contributed by atoms with Crippen LogP contribution in [-0.4, -0.2) is 30.7 Å². The maximum atomic E-state index is 14.9. The van der Waals surface area contributed by atoms with Gasteiger partial charge in [0.1, 0.15) is 6.17 Å². The second-order valence-electron chi connectivity index (χ2n) is 6.43. The van der Waals surface area contributed by atoms with Gasteiger partial charge in [0.2, 0.25) is 0 Å². The van der Waals surface area contributed by atoms with Gasteiger partial charge in [0.15, 0.2) is 0 Å². The van der Waals surface area contributed by atoms with Crippen LogP contribution >= 0.6 is 0 Å². The van der Waals surface area contributed by atoms with Gasteiger partial charge in [-0.25, -0.2) is 4.39 Å². The number of terminal acetylenes is 1. The second-order valence-corrected chi connectivity index (χ2v) is 6.43. The smallest absolute Gasteiger partial charge is 0.140 e. The summed E-state index contributed by atoms with van der Waals surface area (Å²) in [7, 11) is 1.78. The van der Waals surface area contributed by atoms with Crippen LogP contribution in [0.4, 0.5) is 8.78 Å². The molecule has 0 N–H and O–H groups in total. The summed E-state index contributed by atoms with van der Waals surface area (Å²) in [4.78, 5) is 1.78. The molecule has 4 atom stereocenters. The third kappa shape index (κ3) is 4.90. The standard InChI is InChI=1S/C22H25F2N/c1-4-21(20(16-23)15-18-11-7-5-8-12-18)25(3)17(2)22(24)19-13-9-6-10-14-19/h1,5-14,17,20-22H,15-16H2,2-3H3. The van der Waals surface area contributed by atoms with E-state index in [1.807, 2.05) is 48.5 Å². The van der Waals surface area contributed by atoms with Crippen molar-refractivity contribution in [1.29, 1.82) is 0 Å². The van der Waals surface area contributed by atoms with Crippen molar-refractivity contribution in [2.45, 2.75) is 31.6 Å². The van der Waals surface area contributed by atoms with E-state index < -0.39 is 24.9 Å². The summed E-state index contributed by atoms with van der Waals surface area (Å²) in [6.45, 7) is 1.25. The van der Waals surface area contributed by atoms with Gasteiger partial charge in [0.25, 0.3) is 0 Å². The summed E-state index contributed by atoms with van der Waals surface area (Å²) in [6, 6.07) is 17.8. The minimum atomic E-state index is -1.18. The van der Waals surface area contributed by atoms with Crippen molar-refractivity contribution in [1.82, 2.24) is 4.90 Å². The number of nitrogens with zero attached hydrogens (tertiary/aromatic N) is 1. The Bertz CT molecular complexity index is 665. The molecule has 0 bridgehead atoms. The molecular weight excluding hydrogens is 316 g/mol. The summed E-state index contributed by atoms with van der Waals surface area (Å²) in [5.41, 5.74) is 1.64. The number of benzene rings is 2. The van der Waals surface area contributed by atoms with Crippen LogP contribution < -0.4 is 0 Å². The zero-order valence-corrected chi connectivity index (χ0v) is 14.8. The maximum absolute atomic E-state index is 14.9. The lowest BCUT2D eigenvalue weighted by Gasteiger charge is -2.35. The van der Waals surface area contributed by atoms with Gasteiger partial charge in [-0.2, -0.15) is 0 Å². The molecule has 2 aromatic carbocycles. The van der Waals surface area contributed by atoms with Crippen LogP contribution in [0, 0.1) is 18.3 Å². The van der Waals surface area contributed by atoms with Gasteiger partial charge in [-0.15, -0.1) is 6.42 Å². The summed E-state index contributed by atoms with van der Waals surface area (Å²) < 4.78 is 28.6. The van der Waals surface area contributed by atoms with Gasteiger partial charge in [-0.3, -0.25) is 9.29 Å². The van der Waals surface area contributed by atoms with Gasteiger partial charge in [0, 0.05) is 12.0 Å². The van der Waals surface area contributed by atoms with Gasteiger partial charge in [0.05, 0.1) is 12.7 Å². The molecule has 0 aromatic heterocycles. The quantitative estimate of drug-likeness (QED) is 0.621. The topological polar surface area (TPSA) is 3.24 Å². The number of hydrogen-bond donors (Lipinski definition) is 0. The number of hydrogen-bond acceptors (Lipinski definition) is 1. The largest absolute Gasteiger partial charge is 0.287 e. The van der Waals surface area contributed by atoms with Crippen LogP contribution in [0.3, 0.4) is 0 Å². The molecule has 0 saturated carbocycles. The van der Waals surface area contributed by atoms with Crippen molar-refractivity contribution in [3.63, 3.8) is 0 Å². The molecule has 0 spiro atoms. The summed E-state index contributed by atoms with van der Waals surface area (Å²) in [5.74, 6) is 2.31. The van der Waals surface area contributed by atoms with Crippen molar-refractivity contribution in [2.24, 2.45) is 5.92 Å². The Morgan fingerprint density at radius 1 is 1.04 bits per heavy atom. The number of rotatable bonds is 8. The zero-order chi connectivity index (χ0) is 18.2. The average molecular weight is 341 g/mol. The molecule has 0 aliphatic carbocycles. The lowest BCUT2D eigenvalue weighted by molar-refractivity contribution is 0.0949. The summed E-state index contributed by atoms with van der Waals surface area (Å²) in [6.07, 6.45) is 5.05. The first-order valence-corrected chi connectivity index (χ1v) is 8.55. The van der Waals surface area contributed by atoms with Crippen LogP contribution in [0.25, 0.3) is 0 Å². The molecule has 0 heterocycles. The van der Waals surface area contributed by atoms with E-state index in [2.05, 4.69) is 5.92 Å². The van der Waals surface area contributed by atoms with Crippen LogP contribution in [0.5, 0.6) is 0 Å². The van der Waals surface area contributed by atoms with E-state index in [0.717, 1.165) is 5.56 Å². The highest BCUT2D eigenvalue weighted by molar-refractivity contribution is 5.20. The molecule has 2 rings (SSSR count). The van der Waals surface area contributed by atoms with E-state index in [0.29, 0.717) is 12.0 Å². The van der Waals surface area contributed by atoms with Gasteiger partial charge >= 0.3 is 0 Å². The van der Waals surface area contributed by atoms with E-state index in [1.165, 1.54) is 0 Å². The Labute approximate surface area is 149 Å². The highest BCUT2D eigenvalue weighted by atomic mass is 19.1. The van der Waals surface area contributed by atoms with Crippen molar-refractivity contribution >= 4 is 0 Å².